The largest absolute Gasteiger partial charge is 0.330 e. The first kappa shape index (κ1) is 9.96. The Morgan fingerprint density at radius 1 is 1.17 bits per heavy atom. The Morgan fingerprint density at radius 2 is 1.83 bits per heavy atom. The molecule has 0 aliphatic heterocycles. The van der Waals surface area contributed by atoms with Crippen LogP contribution in [0, 0.1) is 0 Å². The molecule has 0 unspecified atom stereocenters. The molecule has 0 aromatic rings. The minimum atomic E-state index is -0.0760. The van der Waals surface area contributed by atoms with Crippen molar-refractivity contribution in [2.75, 3.05) is 13.1 Å². The van der Waals surface area contributed by atoms with E-state index in [1.807, 2.05) is 0 Å². The first-order valence-corrected chi connectivity index (χ1v) is 5.01. The van der Waals surface area contributed by atoms with Gasteiger partial charge >= 0.3 is 0 Å². The highest BCUT2D eigenvalue weighted by Gasteiger charge is 2.25. The molecule has 1 saturated carbocycles. The van der Waals surface area contributed by atoms with Crippen molar-refractivity contribution in [3.8, 4) is 0 Å². The van der Waals surface area contributed by atoms with Crippen molar-refractivity contribution in [2.45, 2.75) is 44.2 Å². The summed E-state index contributed by atoms with van der Waals surface area (Å²) in [5.74, 6) is 0. The van der Waals surface area contributed by atoms with E-state index in [9.17, 15) is 0 Å². The van der Waals surface area contributed by atoms with Crippen molar-refractivity contribution in [2.24, 2.45) is 11.5 Å². The molecule has 0 atom stereocenters. The minimum Gasteiger partial charge on any atom is -0.330 e. The smallest absolute Gasteiger partial charge is 0.0661 e. The van der Waals surface area contributed by atoms with Gasteiger partial charge in [-0.3, -0.25) is 5.32 Å². The van der Waals surface area contributed by atoms with Gasteiger partial charge in [-0.25, -0.2) is 0 Å². The monoisotopic (exact) mass is 171 g/mol. The summed E-state index contributed by atoms with van der Waals surface area (Å²) in [7, 11) is 0. The van der Waals surface area contributed by atoms with Crippen LogP contribution in [0.4, 0.5) is 0 Å². The lowest BCUT2D eigenvalue weighted by atomic mass is 9.90. The van der Waals surface area contributed by atoms with Crippen LogP contribution in [0.15, 0.2) is 0 Å². The zero-order valence-electron chi connectivity index (χ0n) is 7.81. The molecular formula is C9H21N3. The molecule has 0 saturated heterocycles. The zero-order valence-corrected chi connectivity index (χ0v) is 7.81. The number of nitrogens with two attached hydrogens (primary N) is 2. The summed E-state index contributed by atoms with van der Waals surface area (Å²) >= 11 is 0. The van der Waals surface area contributed by atoms with Crippen LogP contribution >= 0.6 is 0 Å². The Balaban J connectivity index is 2.17. The van der Waals surface area contributed by atoms with Gasteiger partial charge in [-0.15, -0.1) is 0 Å². The standard InChI is InChI=1S/C9H21N3/c10-7-4-8-12-9(11)5-2-1-3-6-9/h12H,1-8,10-11H2. The van der Waals surface area contributed by atoms with E-state index in [4.69, 9.17) is 11.5 Å². The summed E-state index contributed by atoms with van der Waals surface area (Å²) in [5, 5.41) is 3.40. The van der Waals surface area contributed by atoms with E-state index in [1.54, 1.807) is 0 Å². The van der Waals surface area contributed by atoms with Crippen molar-refractivity contribution in [3.05, 3.63) is 0 Å². The maximum atomic E-state index is 6.15. The Morgan fingerprint density at radius 3 is 2.42 bits per heavy atom. The molecule has 5 N–H and O–H groups in total. The highest BCUT2D eigenvalue weighted by Crippen LogP contribution is 2.23. The van der Waals surface area contributed by atoms with Gasteiger partial charge in [0.25, 0.3) is 0 Å². The average Bonchev–Trinajstić information content (AvgIpc) is 2.06. The Hall–Kier alpha value is -0.120. The van der Waals surface area contributed by atoms with Crippen LogP contribution in [-0.4, -0.2) is 18.8 Å². The first-order valence-electron chi connectivity index (χ1n) is 5.01. The zero-order chi connectivity index (χ0) is 8.86. The SMILES string of the molecule is NCCCNC1(N)CCCCC1. The van der Waals surface area contributed by atoms with Gasteiger partial charge in [-0.1, -0.05) is 19.3 Å². The van der Waals surface area contributed by atoms with Gasteiger partial charge in [0, 0.05) is 0 Å². The molecule has 1 fully saturated rings. The summed E-state index contributed by atoms with van der Waals surface area (Å²) in [5.41, 5.74) is 11.5. The van der Waals surface area contributed by atoms with Crippen LogP contribution < -0.4 is 16.8 Å². The molecule has 0 bridgehead atoms. The van der Waals surface area contributed by atoms with E-state index in [0.717, 1.165) is 32.4 Å². The van der Waals surface area contributed by atoms with Gasteiger partial charge in [0.15, 0.2) is 0 Å². The number of nitrogens with one attached hydrogen (secondary N) is 1. The molecule has 3 nitrogen and oxygen atoms in total. The minimum absolute atomic E-state index is 0.0760. The second-order valence-electron chi connectivity index (χ2n) is 3.79. The van der Waals surface area contributed by atoms with Gasteiger partial charge in [0.05, 0.1) is 5.66 Å². The third kappa shape index (κ3) is 3.09. The summed E-state index contributed by atoms with van der Waals surface area (Å²) in [6.45, 7) is 1.72. The Labute approximate surface area is 74.9 Å². The van der Waals surface area contributed by atoms with E-state index in [1.165, 1.54) is 19.3 Å². The van der Waals surface area contributed by atoms with Gasteiger partial charge in [-0.05, 0) is 32.4 Å². The van der Waals surface area contributed by atoms with Crippen LogP contribution in [-0.2, 0) is 0 Å². The van der Waals surface area contributed by atoms with Crippen molar-refractivity contribution < 1.29 is 0 Å². The molecule has 3 heteroatoms. The van der Waals surface area contributed by atoms with Crippen LogP contribution in [0.2, 0.25) is 0 Å². The Bertz CT molecular complexity index is 119. The number of hydrogen-bond acceptors (Lipinski definition) is 3. The van der Waals surface area contributed by atoms with Gasteiger partial charge in [-0.2, -0.15) is 0 Å². The lowest BCUT2D eigenvalue weighted by molar-refractivity contribution is 0.239. The molecule has 1 aliphatic carbocycles. The maximum absolute atomic E-state index is 6.15. The van der Waals surface area contributed by atoms with Crippen molar-refractivity contribution in [1.82, 2.24) is 5.32 Å². The summed E-state index contributed by atoms with van der Waals surface area (Å²) in [4.78, 5) is 0. The van der Waals surface area contributed by atoms with E-state index in [2.05, 4.69) is 5.32 Å². The van der Waals surface area contributed by atoms with Crippen molar-refractivity contribution >= 4 is 0 Å². The van der Waals surface area contributed by atoms with Crippen molar-refractivity contribution in [1.29, 1.82) is 0 Å². The van der Waals surface area contributed by atoms with Crippen LogP contribution in [0.3, 0.4) is 0 Å². The quantitative estimate of drug-likeness (QED) is 0.427. The third-order valence-corrected chi connectivity index (χ3v) is 2.60. The van der Waals surface area contributed by atoms with Gasteiger partial charge in [0.2, 0.25) is 0 Å². The molecule has 1 aliphatic rings. The molecular weight excluding hydrogens is 150 g/mol. The fourth-order valence-corrected chi connectivity index (χ4v) is 1.80. The predicted octanol–water partition coefficient (Wildman–Crippen LogP) is 0.544. The molecule has 0 heterocycles. The van der Waals surface area contributed by atoms with E-state index in [0.29, 0.717) is 0 Å². The molecule has 0 radical (unpaired) electrons. The average molecular weight is 171 g/mol. The fraction of sp³-hybridized carbons (Fsp3) is 1.00. The second-order valence-corrected chi connectivity index (χ2v) is 3.79. The number of rotatable bonds is 4. The molecule has 72 valence electrons. The van der Waals surface area contributed by atoms with Gasteiger partial charge in [0.1, 0.15) is 0 Å². The molecule has 0 amide bonds. The lowest BCUT2D eigenvalue weighted by Crippen LogP contribution is -2.55. The summed E-state index contributed by atoms with van der Waals surface area (Å²) < 4.78 is 0. The van der Waals surface area contributed by atoms with E-state index < -0.39 is 0 Å². The molecule has 0 aromatic carbocycles. The maximum Gasteiger partial charge on any atom is 0.0661 e. The lowest BCUT2D eigenvalue weighted by Gasteiger charge is -2.34. The topological polar surface area (TPSA) is 64.1 Å². The first-order chi connectivity index (χ1) is 5.77. The van der Waals surface area contributed by atoms with Crippen LogP contribution in [0.5, 0.6) is 0 Å². The van der Waals surface area contributed by atoms with E-state index >= 15 is 0 Å². The molecule has 0 aromatic heterocycles. The van der Waals surface area contributed by atoms with Crippen molar-refractivity contribution in [3.63, 3.8) is 0 Å². The second kappa shape index (κ2) is 4.80. The normalized spacial score (nSPS) is 22.5. The Kier molecular flexibility index (Phi) is 3.98. The molecule has 1 rings (SSSR count). The highest BCUT2D eigenvalue weighted by atomic mass is 15.1. The van der Waals surface area contributed by atoms with E-state index in [-0.39, 0.29) is 5.66 Å². The van der Waals surface area contributed by atoms with Crippen LogP contribution in [0.25, 0.3) is 0 Å². The third-order valence-electron chi connectivity index (χ3n) is 2.60. The number of hydrogen-bond donors (Lipinski definition) is 3. The molecule has 12 heavy (non-hydrogen) atoms. The molecule has 0 spiro atoms. The summed E-state index contributed by atoms with van der Waals surface area (Å²) in [6, 6.07) is 0. The fourth-order valence-electron chi connectivity index (χ4n) is 1.80. The van der Waals surface area contributed by atoms with Crippen LogP contribution in [0.1, 0.15) is 38.5 Å². The summed E-state index contributed by atoms with van der Waals surface area (Å²) in [6.07, 6.45) is 7.16. The van der Waals surface area contributed by atoms with Gasteiger partial charge < -0.3 is 11.5 Å². The predicted molar refractivity (Wildman–Crippen MR) is 51.7 cm³/mol. The highest BCUT2D eigenvalue weighted by molar-refractivity contribution is 4.84.